The van der Waals surface area contributed by atoms with E-state index in [0.29, 0.717) is 11.3 Å². The first-order chi connectivity index (χ1) is 16.3. The van der Waals surface area contributed by atoms with Crippen LogP contribution in [0.1, 0.15) is 23.6 Å². The lowest BCUT2D eigenvalue weighted by atomic mass is 10.0. The Labute approximate surface area is 197 Å². The van der Waals surface area contributed by atoms with E-state index in [0.717, 1.165) is 22.7 Å². The van der Waals surface area contributed by atoms with Crippen molar-refractivity contribution in [3.05, 3.63) is 130 Å². The van der Waals surface area contributed by atoms with Crippen molar-refractivity contribution in [1.29, 1.82) is 0 Å². The van der Waals surface area contributed by atoms with Crippen LogP contribution in [-0.2, 0) is 9.63 Å². The van der Waals surface area contributed by atoms with E-state index in [2.05, 4.69) is 65.5 Å². The molecular weight excluding hydrogens is 428 g/mol. The number of benzene rings is 3. The average molecular weight is 451 g/mol. The lowest BCUT2D eigenvalue weighted by molar-refractivity contribution is -0.136. The number of carbonyl (C=O) groups excluding carboxylic acids is 1. The van der Waals surface area contributed by atoms with Gasteiger partial charge in [-0.1, -0.05) is 108 Å². The van der Waals surface area contributed by atoms with E-state index in [1.165, 1.54) is 16.2 Å². The summed E-state index contributed by atoms with van der Waals surface area (Å²) in [6, 6.07) is 30.5. The van der Waals surface area contributed by atoms with Crippen LogP contribution in [0.4, 0.5) is 0 Å². The third-order valence-electron chi connectivity index (χ3n) is 5.49. The molecular formula is C28H22N2O2S. The third kappa shape index (κ3) is 4.15. The van der Waals surface area contributed by atoms with Crippen LogP contribution in [0.25, 0.3) is 10.6 Å². The molecule has 0 atom stereocenters. The molecule has 5 rings (SSSR count). The van der Waals surface area contributed by atoms with Crippen molar-refractivity contribution in [2.24, 2.45) is 5.16 Å². The van der Waals surface area contributed by atoms with Gasteiger partial charge in [0, 0.05) is 17.0 Å². The lowest BCUT2D eigenvalue weighted by Crippen LogP contribution is -2.16. The molecule has 0 bridgehead atoms. The van der Waals surface area contributed by atoms with Gasteiger partial charge in [-0.05, 0) is 30.2 Å². The summed E-state index contributed by atoms with van der Waals surface area (Å²) in [5.41, 5.74) is 5.37. The van der Waals surface area contributed by atoms with Gasteiger partial charge in [0.1, 0.15) is 5.71 Å². The molecule has 0 aliphatic carbocycles. The largest absolute Gasteiger partial charge is 0.368 e. The molecule has 0 spiro atoms. The molecule has 0 aromatic heterocycles. The molecule has 0 fully saturated rings. The van der Waals surface area contributed by atoms with Gasteiger partial charge in [-0.25, -0.2) is 4.79 Å². The SMILES string of the molecule is CCN1C(c2ccccc2)=C(c2ccccc2)S/C1=C\C=C1/C(=O)ON=C1c1ccccc1. The highest BCUT2D eigenvalue weighted by Crippen LogP contribution is 2.50. The van der Waals surface area contributed by atoms with Gasteiger partial charge in [-0.3, -0.25) is 0 Å². The number of carbonyl (C=O) groups is 1. The van der Waals surface area contributed by atoms with Crippen molar-refractivity contribution in [2.75, 3.05) is 6.54 Å². The predicted octanol–water partition coefficient (Wildman–Crippen LogP) is 6.31. The first kappa shape index (κ1) is 21.0. The second-order valence-electron chi connectivity index (χ2n) is 7.53. The average Bonchev–Trinajstić information content (AvgIpc) is 3.44. The highest BCUT2D eigenvalue weighted by molar-refractivity contribution is 8.12. The summed E-state index contributed by atoms with van der Waals surface area (Å²) < 4.78 is 0. The summed E-state index contributed by atoms with van der Waals surface area (Å²) in [7, 11) is 0. The van der Waals surface area contributed by atoms with Gasteiger partial charge in [0.25, 0.3) is 0 Å². The molecule has 0 saturated heterocycles. The van der Waals surface area contributed by atoms with Crippen molar-refractivity contribution in [3.8, 4) is 0 Å². The summed E-state index contributed by atoms with van der Waals surface area (Å²) in [5.74, 6) is -0.434. The molecule has 0 unspecified atom stereocenters. The summed E-state index contributed by atoms with van der Waals surface area (Å²) in [6.07, 6.45) is 3.82. The molecule has 33 heavy (non-hydrogen) atoms. The Morgan fingerprint density at radius 2 is 1.39 bits per heavy atom. The van der Waals surface area contributed by atoms with E-state index in [1.54, 1.807) is 11.8 Å². The van der Waals surface area contributed by atoms with E-state index in [1.807, 2.05) is 54.6 Å². The van der Waals surface area contributed by atoms with Gasteiger partial charge in [0.15, 0.2) is 0 Å². The number of rotatable bonds is 5. The van der Waals surface area contributed by atoms with Gasteiger partial charge in [-0.2, -0.15) is 0 Å². The van der Waals surface area contributed by atoms with Gasteiger partial charge in [0.2, 0.25) is 0 Å². The van der Waals surface area contributed by atoms with Crippen LogP contribution < -0.4 is 0 Å². The van der Waals surface area contributed by atoms with Crippen molar-refractivity contribution in [2.45, 2.75) is 6.92 Å². The first-order valence-corrected chi connectivity index (χ1v) is 11.7. The number of nitrogens with zero attached hydrogens (tertiary/aromatic N) is 2. The number of allylic oxidation sites excluding steroid dienone is 2. The van der Waals surface area contributed by atoms with Crippen LogP contribution in [0, 0.1) is 0 Å². The van der Waals surface area contributed by atoms with Crippen molar-refractivity contribution in [3.63, 3.8) is 0 Å². The zero-order valence-electron chi connectivity index (χ0n) is 18.1. The molecule has 5 heteroatoms. The van der Waals surface area contributed by atoms with E-state index >= 15 is 0 Å². The summed E-state index contributed by atoms with van der Waals surface area (Å²) in [5, 5.41) is 5.07. The maximum absolute atomic E-state index is 12.4. The quantitative estimate of drug-likeness (QED) is 0.337. The zero-order chi connectivity index (χ0) is 22.6. The van der Waals surface area contributed by atoms with Crippen molar-refractivity contribution < 1.29 is 9.63 Å². The van der Waals surface area contributed by atoms with Crippen LogP contribution in [-0.4, -0.2) is 23.1 Å². The van der Waals surface area contributed by atoms with Gasteiger partial charge in [-0.15, -0.1) is 0 Å². The van der Waals surface area contributed by atoms with Crippen LogP contribution in [0.15, 0.2) is 119 Å². The molecule has 3 aromatic rings. The normalized spacial score (nSPS) is 18.3. The van der Waals surface area contributed by atoms with Crippen LogP contribution in [0.3, 0.4) is 0 Å². The molecule has 0 radical (unpaired) electrons. The molecule has 162 valence electrons. The number of hydrogen-bond donors (Lipinski definition) is 0. The van der Waals surface area contributed by atoms with Gasteiger partial charge < -0.3 is 9.74 Å². The Bertz CT molecular complexity index is 1290. The Balaban J connectivity index is 1.56. The van der Waals surface area contributed by atoms with Gasteiger partial charge >= 0.3 is 5.97 Å². The zero-order valence-corrected chi connectivity index (χ0v) is 19.0. The minimum absolute atomic E-state index is 0.434. The molecule has 3 aromatic carbocycles. The fourth-order valence-electron chi connectivity index (χ4n) is 3.93. The Kier molecular flexibility index (Phi) is 5.96. The summed E-state index contributed by atoms with van der Waals surface area (Å²) >= 11 is 1.71. The van der Waals surface area contributed by atoms with Crippen molar-refractivity contribution in [1.82, 2.24) is 4.90 Å². The molecule has 0 N–H and O–H groups in total. The van der Waals surface area contributed by atoms with Crippen LogP contribution in [0.5, 0.6) is 0 Å². The smallest absolute Gasteiger partial charge is 0.335 e. The van der Waals surface area contributed by atoms with E-state index in [4.69, 9.17) is 4.84 Å². The first-order valence-electron chi connectivity index (χ1n) is 10.8. The number of hydrogen-bond acceptors (Lipinski definition) is 5. The highest BCUT2D eigenvalue weighted by atomic mass is 32.2. The molecule has 4 nitrogen and oxygen atoms in total. The Morgan fingerprint density at radius 3 is 2.00 bits per heavy atom. The third-order valence-corrected chi connectivity index (χ3v) is 6.69. The molecule has 2 heterocycles. The van der Waals surface area contributed by atoms with E-state index in [-0.39, 0.29) is 0 Å². The lowest BCUT2D eigenvalue weighted by Gasteiger charge is -2.21. The standard InChI is InChI=1S/C28H22N2O2S/c1-2-30-24(19-18-23-25(29-32-28(23)31)20-12-6-3-7-13-20)33-27(22-16-10-5-11-17-22)26(30)21-14-8-4-9-15-21/h3-19H,2H2,1H3/b23-18-,24-19-. The Hall–Kier alpha value is -3.83. The number of oxime groups is 1. The summed E-state index contributed by atoms with van der Waals surface area (Å²) in [6.45, 7) is 2.94. The van der Waals surface area contributed by atoms with Crippen LogP contribution >= 0.6 is 11.8 Å². The molecule has 2 aliphatic rings. The second kappa shape index (κ2) is 9.35. The highest BCUT2D eigenvalue weighted by Gasteiger charge is 2.30. The molecule has 0 saturated carbocycles. The van der Waals surface area contributed by atoms with E-state index < -0.39 is 5.97 Å². The number of thioether (sulfide) groups is 1. The van der Waals surface area contributed by atoms with Crippen LogP contribution in [0.2, 0.25) is 0 Å². The maximum atomic E-state index is 12.4. The minimum atomic E-state index is -0.434. The van der Waals surface area contributed by atoms with Crippen molar-refractivity contribution >= 4 is 34.0 Å². The van der Waals surface area contributed by atoms with E-state index in [9.17, 15) is 4.79 Å². The predicted molar refractivity (Wildman–Crippen MR) is 135 cm³/mol. The topological polar surface area (TPSA) is 41.9 Å². The molecule has 2 aliphatic heterocycles. The fourth-order valence-corrected chi connectivity index (χ4v) is 5.19. The maximum Gasteiger partial charge on any atom is 0.368 e. The second-order valence-corrected chi connectivity index (χ2v) is 8.56. The molecule has 0 amide bonds. The monoisotopic (exact) mass is 450 g/mol. The fraction of sp³-hybridized carbons (Fsp3) is 0.0714. The van der Waals surface area contributed by atoms with Gasteiger partial charge in [0.05, 0.1) is 16.3 Å². The Morgan fingerprint density at radius 1 is 0.818 bits per heavy atom. The summed E-state index contributed by atoms with van der Waals surface area (Å²) in [4.78, 5) is 20.9. The minimum Gasteiger partial charge on any atom is -0.335 e.